The Kier molecular flexibility index (Phi) is 47.5. The molecule has 0 spiro atoms. The lowest BCUT2D eigenvalue weighted by atomic mass is 10.0. The van der Waals surface area contributed by atoms with Crippen LogP contribution in [0, 0.1) is 0 Å². The number of rotatable bonds is 44. The average molecular weight is 873 g/mol. The molecule has 0 saturated carbocycles. The van der Waals surface area contributed by atoms with Gasteiger partial charge in [0.05, 0.1) is 0 Å². The first kappa shape index (κ1) is 59.1. The monoisotopic (exact) mass is 873 g/mol. The Morgan fingerprint density at radius 2 is 0.698 bits per heavy atom. The predicted molar refractivity (Wildman–Crippen MR) is 270 cm³/mol. The summed E-state index contributed by atoms with van der Waals surface area (Å²) in [5.74, 6) is -0.964. The summed E-state index contributed by atoms with van der Waals surface area (Å²) in [4.78, 5) is 37.9. The van der Waals surface area contributed by atoms with Crippen LogP contribution in [-0.2, 0) is 28.6 Å². The molecule has 0 aliphatic heterocycles. The molecule has 0 N–H and O–H groups in total. The normalized spacial score (nSPS) is 13.0. The fraction of sp³-hybridized carbons (Fsp3) is 0.632. The third-order valence-electron chi connectivity index (χ3n) is 10.5. The number of hydrogen-bond donors (Lipinski definition) is 0. The van der Waals surface area contributed by atoms with E-state index >= 15 is 0 Å². The summed E-state index contributed by atoms with van der Waals surface area (Å²) in [5.41, 5.74) is 0. The molecule has 1 atom stereocenters. The van der Waals surface area contributed by atoms with Crippen molar-refractivity contribution in [2.45, 2.75) is 219 Å². The highest BCUT2D eigenvalue weighted by Gasteiger charge is 2.19. The molecule has 356 valence electrons. The Hall–Kier alpha value is -3.93. The maximum atomic E-state index is 12.8. The lowest BCUT2D eigenvalue weighted by Gasteiger charge is -2.18. The van der Waals surface area contributed by atoms with Gasteiger partial charge in [0.1, 0.15) is 13.2 Å². The van der Waals surface area contributed by atoms with E-state index in [4.69, 9.17) is 14.2 Å². The molecule has 0 aromatic heterocycles. The predicted octanol–water partition coefficient (Wildman–Crippen LogP) is 16.8. The molecule has 0 radical (unpaired) electrons. The molecule has 0 aliphatic rings. The molecule has 0 aromatic carbocycles. The van der Waals surface area contributed by atoms with E-state index in [1.165, 1.54) is 70.6 Å². The molecule has 0 amide bonds. The molecule has 6 heteroatoms. The summed E-state index contributed by atoms with van der Waals surface area (Å²) in [6, 6.07) is 0. The average Bonchev–Trinajstić information content (AvgIpc) is 3.28. The second-order valence-electron chi connectivity index (χ2n) is 16.5. The summed E-state index contributed by atoms with van der Waals surface area (Å²) in [5, 5.41) is 0. The van der Waals surface area contributed by atoms with Crippen LogP contribution >= 0.6 is 0 Å². The highest BCUT2D eigenvalue weighted by molar-refractivity contribution is 5.71. The van der Waals surface area contributed by atoms with Crippen molar-refractivity contribution in [1.29, 1.82) is 0 Å². The quantitative estimate of drug-likeness (QED) is 0.0199. The van der Waals surface area contributed by atoms with Gasteiger partial charge in [0, 0.05) is 19.3 Å². The van der Waals surface area contributed by atoms with Gasteiger partial charge < -0.3 is 14.2 Å². The van der Waals surface area contributed by atoms with Crippen LogP contribution in [-0.4, -0.2) is 37.2 Å². The van der Waals surface area contributed by atoms with Gasteiger partial charge in [-0.05, 0) is 64.2 Å². The standard InChI is InChI=1S/C57H92O6/c1-4-7-10-13-16-19-22-25-27-28-29-30-31-33-35-38-41-44-47-50-56(59)62-53-54(52-61-55(58)49-46-43-40-37-34-24-21-18-15-12-9-6-3)63-57(60)51-48-45-42-39-36-32-26-23-20-17-14-11-8-5-2/h7,9-10,12-13,16,18-19,21-22,25,27-31,33,35,54H,4-6,8,11,14-15,17,20,23-24,26,32,34,36-53H2,1-3H3/b10-7-,12-9-,16-13-,21-18-,22-19-,27-25-,29-28+,31-30-,35-33-. The highest BCUT2D eigenvalue weighted by Crippen LogP contribution is 2.15. The first-order chi connectivity index (χ1) is 31.0. The van der Waals surface area contributed by atoms with Crippen molar-refractivity contribution in [3.63, 3.8) is 0 Å². The topological polar surface area (TPSA) is 78.9 Å². The van der Waals surface area contributed by atoms with Crippen LogP contribution in [0.3, 0.4) is 0 Å². The number of carbonyl (C=O) groups excluding carboxylic acids is 3. The Bertz CT molecular complexity index is 1330. The zero-order valence-corrected chi connectivity index (χ0v) is 40.5. The van der Waals surface area contributed by atoms with Crippen LogP contribution < -0.4 is 0 Å². The van der Waals surface area contributed by atoms with Gasteiger partial charge in [-0.1, -0.05) is 239 Å². The molecule has 0 fully saturated rings. The molecule has 1 unspecified atom stereocenters. The summed E-state index contributed by atoms with van der Waals surface area (Å²) in [6.45, 7) is 6.32. The molecule has 0 bridgehead atoms. The fourth-order valence-electron chi connectivity index (χ4n) is 6.70. The SMILES string of the molecule is CC\C=C/C=C\C=C/C=C\C=C\C=C/C=C\CCCCCC(=O)OCC(COC(=O)CCCCCCC/C=C\C/C=C\CC)OC(=O)CCCCCCCCCCCCCCCC. The Morgan fingerprint density at radius 1 is 0.349 bits per heavy atom. The van der Waals surface area contributed by atoms with Crippen molar-refractivity contribution in [2.75, 3.05) is 13.2 Å². The molecule has 0 saturated heterocycles. The van der Waals surface area contributed by atoms with E-state index in [1.54, 1.807) is 0 Å². The van der Waals surface area contributed by atoms with E-state index in [9.17, 15) is 14.4 Å². The largest absolute Gasteiger partial charge is 0.462 e. The van der Waals surface area contributed by atoms with Gasteiger partial charge in [-0.25, -0.2) is 0 Å². The minimum absolute atomic E-state index is 0.101. The van der Waals surface area contributed by atoms with Crippen LogP contribution in [0.25, 0.3) is 0 Å². The van der Waals surface area contributed by atoms with Crippen molar-refractivity contribution >= 4 is 17.9 Å². The summed E-state index contributed by atoms with van der Waals surface area (Å²) in [6.07, 6.45) is 67.8. The lowest BCUT2D eigenvalue weighted by molar-refractivity contribution is -0.167. The highest BCUT2D eigenvalue weighted by atomic mass is 16.6. The number of esters is 3. The van der Waals surface area contributed by atoms with Gasteiger partial charge in [0.15, 0.2) is 6.10 Å². The Labute approximate surface area is 387 Å². The third kappa shape index (κ3) is 49.0. The van der Waals surface area contributed by atoms with Crippen LogP contribution in [0.1, 0.15) is 213 Å². The van der Waals surface area contributed by atoms with Crippen LogP contribution in [0.4, 0.5) is 0 Å². The van der Waals surface area contributed by atoms with Gasteiger partial charge in [0.25, 0.3) is 0 Å². The molecule has 6 nitrogen and oxygen atoms in total. The molecule has 0 aromatic rings. The van der Waals surface area contributed by atoms with Crippen molar-refractivity contribution in [2.24, 2.45) is 0 Å². The van der Waals surface area contributed by atoms with Gasteiger partial charge in [-0.3, -0.25) is 14.4 Å². The van der Waals surface area contributed by atoms with Crippen LogP contribution in [0.15, 0.2) is 109 Å². The van der Waals surface area contributed by atoms with E-state index in [0.717, 1.165) is 103 Å². The second kappa shape index (κ2) is 50.7. The minimum atomic E-state index is -0.802. The molecule has 63 heavy (non-hydrogen) atoms. The first-order valence-corrected chi connectivity index (χ1v) is 25.5. The smallest absolute Gasteiger partial charge is 0.306 e. The third-order valence-corrected chi connectivity index (χ3v) is 10.5. The maximum absolute atomic E-state index is 12.8. The van der Waals surface area contributed by atoms with Crippen molar-refractivity contribution in [3.8, 4) is 0 Å². The summed E-state index contributed by atoms with van der Waals surface area (Å²) in [7, 11) is 0. The Balaban J connectivity index is 4.50. The fourth-order valence-corrected chi connectivity index (χ4v) is 6.70. The minimum Gasteiger partial charge on any atom is -0.462 e. The number of ether oxygens (including phenoxy) is 3. The Morgan fingerprint density at radius 3 is 1.16 bits per heavy atom. The van der Waals surface area contributed by atoms with Crippen molar-refractivity contribution < 1.29 is 28.6 Å². The van der Waals surface area contributed by atoms with Gasteiger partial charge in [-0.2, -0.15) is 0 Å². The summed E-state index contributed by atoms with van der Waals surface area (Å²) >= 11 is 0. The summed E-state index contributed by atoms with van der Waals surface area (Å²) < 4.78 is 16.7. The van der Waals surface area contributed by atoms with Crippen LogP contribution in [0.2, 0.25) is 0 Å². The number of hydrogen-bond acceptors (Lipinski definition) is 6. The first-order valence-electron chi connectivity index (χ1n) is 25.5. The van der Waals surface area contributed by atoms with E-state index in [-0.39, 0.29) is 31.1 Å². The van der Waals surface area contributed by atoms with Gasteiger partial charge in [0.2, 0.25) is 0 Å². The molecular formula is C57H92O6. The maximum Gasteiger partial charge on any atom is 0.306 e. The van der Waals surface area contributed by atoms with Gasteiger partial charge >= 0.3 is 17.9 Å². The van der Waals surface area contributed by atoms with Crippen LogP contribution in [0.5, 0.6) is 0 Å². The lowest BCUT2D eigenvalue weighted by Crippen LogP contribution is -2.30. The molecular weight excluding hydrogens is 781 g/mol. The number of unbranched alkanes of at least 4 members (excludes halogenated alkanes) is 21. The number of carbonyl (C=O) groups is 3. The van der Waals surface area contributed by atoms with E-state index in [1.807, 2.05) is 72.9 Å². The zero-order chi connectivity index (χ0) is 45.8. The molecule has 0 aliphatic carbocycles. The molecule has 0 rings (SSSR count). The number of allylic oxidation sites excluding steroid dienone is 18. The zero-order valence-electron chi connectivity index (χ0n) is 40.5. The van der Waals surface area contributed by atoms with E-state index in [2.05, 4.69) is 57.2 Å². The van der Waals surface area contributed by atoms with Crippen molar-refractivity contribution in [3.05, 3.63) is 109 Å². The van der Waals surface area contributed by atoms with Gasteiger partial charge in [-0.15, -0.1) is 0 Å². The van der Waals surface area contributed by atoms with Crippen molar-refractivity contribution in [1.82, 2.24) is 0 Å². The second-order valence-corrected chi connectivity index (χ2v) is 16.5. The van der Waals surface area contributed by atoms with E-state index < -0.39 is 6.10 Å². The van der Waals surface area contributed by atoms with E-state index in [0.29, 0.717) is 19.3 Å². The molecule has 0 heterocycles.